The minimum atomic E-state index is -0.122. The van der Waals surface area contributed by atoms with Crippen LogP contribution in [0.4, 0.5) is 5.69 Å². The van der Waals surface area contributed by atoms with Crippen LogP contribution in [0.5, 0.6) is 5.75 Å². The van der Waals surface area contributed by atoms with E-state index in [2.05, 4.69) is 26.2 Å². The van der Waals surface area contributed by atoms with Crippen LogP contribution in [0.25, 0.3) is 5.69 Å². The van der Waals surface area contributed by atoms with Crippen LogP contribution >= 0.6 is 0 Å². The van der Waals surface area contributed by atoms with Crippen molar-refractivity contribution in [1.82, 2.24) is 25.5 Å². The van der Waals surface area contributed by atoms with Gasteiger partial charge >= 0.3 is 0 Å². The van der Waals surface area contributed by atoms with Gasteiger partial charge in [0.2, 0.25) is 5.91 Å². The van der Waals surface area contributed by atoms with Gasteiger partial charge in [0.1, 0.15) is 11.4 Å². The highest BCUT2D eigenvalue weighted by atomic mass is 16.5. The second kappa shape index (κ2) is 7.03. The Bertz CT molecular complexity index is 791. The number of hydrogen-bond donors (Lipinski definition) is 2. The van der Waals surface area contributed by atoms with Crippen LogP contribution in [-0.4, -0.2) is 45.3 Å². The lowest BCUT2D eigenvalue weighted by molar-refractivity contribution is -0.117. The van der Waals surface area contributed by atoms with Gasteiger partial charge in [-0.25, -0.2) is 0 Å². The van der Waals surface area contributed by atoms with Crippen molar-refractivity contribution in [2.75, 3.05) is 12.4 Å². The third kappa shape index (κ3) is 3.16. The smallest absolute Gasteiger partial charge is 0.241 e. The summed E-state index contributed by atoms with van der Waals surface area (Å²) in [6.07, 6.45) is 5.87. The van der Waals surface area contributed by atoms with Gasteiger partial charge in [0.05, 0.1) is 13.2 Å². The van der Waals surface area contributed by atoms with Gasteiger partial charge in [-0.05, 0) is 60.7 Å². The molecule has 1 saturated carbocycles. The van der Waals surface area contributed by atoms with Crippen LogP contribution in [-0.2, 0) is 4.79 Å². The average Bonchev–Trinajstić information content (AvgIpc) is 3.27. The highest BCUT2D eigenvalue weighted by molar-refractivity contribution is 5.95. The Labute approximate surface area is 152 Å². The van der Waals surface area contributed by atoms with Gasteiger partial charge in [0.15, 0.2) is 5.82 Å². The number of amides is 1. The fourth-order valence-corrected chi connectivity index (χ4v) is 4.14. The van der Waals surface area contributed by atoms with Crippen LogP contribution in [0.15, 0.2) is 18.2 Å². The Balaban J connectivity index is 1.51. The van der Waals surface area contributed by atoms with Crippen LogP contribution in [0, 0.1) is 12.8 Å². The van der Waals surface area contributed by atoms with E-state index in [0.717, 1.165) is 6.42 Å². The van der Waals surface area contributed by atoms with Gasteiger partial charge in [-0.3, -0.25) is 4.79 Å². The molecule has 4 rings (SSSR count). The van der Waals surface area contributed by atoms with E-state index in [9.17, 15) is 4.79 Å². The van der Waals surface area contributed by atoms with Crippen molar-refractivity contribution in [3.8, 4) is 11.4 Å². The zero-order chi connectivity index (χ0) is 18.1. The first-order valence-corrected chi connectivity index (χ1v) is 9.16. The van der Waals surface area contributed by atoms with Gasteiger partial charge < -0.3 is 15.4 Å². The van der Waals surface area contributed by atoms with Crippen LogP contribution in [0.3, 0.4) is 0 Å². The number of fused-ring (bicyclic) bond motifs is 1. The highest BCUT2D eigenvalue weighted by Gasteiger charge is 2.38. The van der Waals surface area contributed by atoms with Crippen molar-refractivity contribution >= 4 is 11.6 Å². The van der Waals surface area contributed by atoms with Crippen molar-refractivity contribution in [2.45, 2.75) is 51.1 Å². The Morgan fingerprint density at radius 3 is 2.92 bits per heavy atom. The fraction of sp³-hybridized carbons (Fsp3) is 0.556. The molecule has 2 aliphatic rings. The Hall–Kier alpha value is -2.48. The van der Waals surface area contributed by atoms with E-state index in [1.54, 1.807) is 11.8 Å². The summed E-state index contributed by atoms with van der Waals surface area (Å²) in [6, 6.07) is 5.86. The van der Waals surface area contributed by atoms with E-state index in [1.165, 1.54) is 25.7 Å². The van der Waals surface area contributed by atoms with E-state index in [-0.39, 0.29) is 11.9 Å². The maximum atomic E-state index is 12.7. The lowest BCUT2D eigenvalue weighted by Gasteiger charge is -2.24. The molecule has 0 spiro atoms. The van der Waals surface area contributed by atoms with Crippen LogP contribution in [0.2, 0.25) is 0 Å². The molecule has 1 amide bonds. The molecule has 138 valence electrons. The molecule has 2 N–H and O–H groups in total. The number of aryl methyl sites for hydroxylation is 1. The average molecular weight is 356 g/mol. The number of ether oxygens (including phenoxy) is 1. The fourth-order valence-electron chi connectivity index (χ4n) is 4.14. The molecule has 0 bridgehead atoms. The van der Waals surface area contributed by atoms with Crippen LogP contribution in [0.1, 0.15) is 37.9 Å². The Morgan fingerprint density at radius 2 is 2.19 bits per heavy atom. The summed E-state index contributed by atoms with van der Waals surface area (Å²) in [7, 11) is 1.60. The predicted octanol–water partition coefficient (Wildman–Crippen LogP) is 1.84. The number of nitrogens with one attached hydrogen (secondary N) is 2. The largest absolute Gasteiger partial charge is 0.494 e. The van der Waals surface area contributed by atoms with Crippen molar-refractivity contribution in [2.24, 2.45) is 5.92 Å². The molecule has 26 heavy (non-hydrogen) atoms. The summed E-state index contributed by atoms with van der Waals surface area (Å²) in [6.45, 7) is 1.81. The van der Waals surface area contributed by atoms with Gasteiger partial charge in [0, 0.05) is 11.7 Å². The lowest BCUT2D eigenvalue weighted by atomic mass is 9.85. The topological polar surface area (TPSA) is 94.0 Å². The van der Waals surface area contributed by atoms with E-state index in [1.807, 2.05) is 25.1 Å². The van der Waals surface area contributed by atoms with Crippen molar-refractivity contribution in [3.05, 3.63) is 24.0 Å². The maximum absolute atomic E-state index is 12.7. The van der Waals surface area contributed by atoms with E-state index in [0.29, 0.717) is 34.9 Å². The number of tetrazole rings is 1. The summed E-state index contributed by atoms with van der Waals surface area (Å²) < 4.78 is 7.00. The van der Waals surface area contributed by atoms with E-state index >= 15 is 0 Å². The maximum Gasteiger partial charge on any atom is 0.241 e. The van der Waals surface area contributed by atoms with Gasteiger partial charge in [-0.15, -0.1) is 5.10 Å². The summed E-state index contributed by atoms with van der Waals surface area (Å²) >= 11 is 0. The monoisotopic (exact) mass is 356 g/mol. The Morgan fingerprint density at radius 1 is 1.35 bits per heavy atom. The molecule has 1 aromatic heterocycles. The summed E-state index contributed by atoms with van der Waals surface area (Å²) in [5.74, 6) is 1.94. The first kappa shape index (κ1) is 17.0. The standard InChI is InChI=1S/C18H24N6O2/c1-11-21-22-23-24(11)16-10-13(7-8-17(16)26-2)19-18(25)15-9-12-5-3-4-6-14(12)20-15/h7-8,10,12,14-15,20H,3-6,9H2,1-2H3,(H,19,25). The molecule has 1 aliphatic heterocycles. The molecule has 2 fully saturated rings. The molecule has 3 atom stereocenters. The molecule has 1 aromatic carbocycles. The minimum absolute atomic E-state index is 0.0176. The highest BCUT2D eigenvalue weighted by Crippen LogP contribution is 2.34. The van der Waals surface area contributed by atoms with Gasteiger partial charge in [-0.1, -0.05) is 12.8 Å². The molecule has 1 aliphatic carbocycles. The quantitative estimate of drug-likeness (QED) is 0.868. The molecule has 2 heterocycles. The lowest BCUT2D eigenvalue weighted by Crippen LogP contribution is -2.39. The zero-order valence-corrected chi connectivity index (χ0v) is 15.1. The summed E-state index contributed by atoms with van der Waals surface area (Å²) in [4.78, 5) is 12.7. The van der Waals surface area contributed by atoms with Crippen molar-refractivity contribution in [1.29, 1.82) is 0 Å². The Kier molecular flexibility index (Phi) is 4.58. The molecular formula is C18H24N6O2. The number of methoxy groups -OCH3 is 1. The minimum Gasteiger partial charge on any atom is -0.494 e. The van der Waals surface area contributed by atoms with Crippen molar-refractivity contribution in [3.63, 3.8) is 0 Å². The normalized spacial score (nSPS) is 24.9. The summed E-state index contributed by atoms with van der Waals surface area (Å²) in [5, 5.41) is 18.1. The predicted molar refractivity (Wildman–Crippen MR) is 96.4 cm³/mol. The zero-order valence-electron chi connectivity index (χ0n) is 15.1. The third-order valence-corrected chi connectivity index (χ3v) is 5.48. The molecule has 8 nitrogen and oxygen atoms in total. The second-order valence-electron chi connectivity index (χ2n) is 7.12. The number of benzene rings is 1. The van der Waals surface area contributed by atoms with Crippen molar-refractivity contribution < 1.29 is 9.53 Å². The number of nitrogens with zero attached hydrogens (tertiary/aromatic N) is 4. The molecule has 3 unspecified atom stereocenters. The van der Waals surface area contributed by atoms with Gasteiger partial charge in [-0.2, -0.15) is 4.68 Å². The summed E-state index contributed by atoms with van der Waals surface area (Å²) in [5.41, 5.74) is 1.40. The number of carbonyl (C=O) groups is 1. The third-order valence-electron chi connectivity index (χ3n) is 5.48. The molecule has 1 saturated heterocycles. The number of aromatic nitrogens is 4. The molecule has 8 heteroatoms. The molecule has 0 radical (unpaired) electrons. The molecule has 2 aromatic rings. The number of rotatable bonds is 4. The van der Waals surface area contributed by atoms with Crippen LogP contribution < -0.4 is 15.4 Å². The second-order valence-corrected chi connectivity index (χ2v) is 7.12. The first-order chi connectivity index (χ1) is 12.7. The number of anilines is 1. The van der Waals surface area contributed by atoms with E-state index < -0.39 is 0 Å². The first-order valence-electron chi connectivity index (χ1n) is 9.16. The SMILES string of the molecule is COc1ccc(NC(=O)C2CC3CCCCC3N2)cc1-n1nnnc1C. The molecular weight excluding hydrogens is 332 g/mol. The van der Waals surface area contributed by atoms with Gasteiger partial charge in [0.25, 0.3) is 0 Å². The number of hydrogen-bond acceptors (Lipinski definition) is 6. The number of carbonyl (C=O) groups excluding carboxylic acids is 1. The van der Waals surface area contributed by atoms with E-state index in [4.69, 9.17) is 4.74 Å².